The summed E-state index contributed by atoms with van der Waals surface area (Å²) < 4.78 is 17.2. The highest BCUT2D eigenvalue weighted by atomic mass is 16.7. The lowest BCUT2D eigenvalue weighted by molar-refractivity contribution is -0.385. The van der Waals surface area contributed by atoms with Crippen LogP contribution >= 0.6 is 0 Å². The van der Waals surface area contributed by atoms with Gasteiger partial charge in [0.05, 0.1) is 17.0 Å². The normalized spacial score (nSPS) is 22.6. The predicted molar refractivity (Wildman–Crippen MR) is 120 cm³/mol. The summed E-state index contributed by atoms with van der Waals surface area (Å²) >= 11 is 0. The molecule has 1 aliphatic rings. The molecule has 0 saturated heterocycles. The second-order valence-corrected chi connectivity index (χ2v) is 8.16. The van der Waals surface area contributed by atoms with E-state index in [-0.39, 0.29) is 5.69 Å². The van der Waals surface area contributed by atoms with Gasteiger partial charge in [-0.2, -0.15) is 0 Å². The molecule has 2 heterocycles. The fraction of sp³-hybridized carbons (Fsp3) is 0.409. The summed E-state index contributed by atoms with van der Waals surface area (Å²) in [7, 11) is 2.90. The lowest BCUT2D eigenvalue weighted by Gasteiger charge is -2.51. The topological polar surface area (TPSA) is 149 Å². The highest BCUT2D eigenvalue weighted by Crippen LogP contribution is 2.49. The number of methoxy groups -OCH3 is 2. The number of hydrogen-bond acceptors (Lipinski definition) is 10. The van der Waals surface area contributed by atoms with Crippen molar-refractivity contribution < 1.29 is 24.2 Å². The highest BCUT2D eigenvalue weighted by Gasteiger charge is 2.54. The van der Waals surface area contributed by atoms with Crippen molar-refractivity contribution in [2.45, 2.75) is 43.9 Å². The number of fused-ring (bicyclic) bond motifs is 1. The first-order valence-electron chi connectivity index (χ1n) is 10.6. The van der Waals surface area contributed by atoms with Gasteiger partial charge >= 0.3 is 0 Å². The van der Waals surface area contributed by atoms with Crippen LogP contribution in [-0.2, 0) is 9.47 Å². The summed E-state index contributed by atoms with van der Waals surface area (Å²) in [5.41, 5.74) is -0.305. The van der Waals surface area contributed by atoms with E-state index < -0.39 is 35.0 Å². The Morgan fingerprint density at radius 2 is 1.94 bits per heavy atom. The second-order valence-electron chi connectivity index (χ2n) is 8.16. The maximum atomic E-state index is 11.8. The average molecular weight is 470 g/mol. The molecule has 1 unspecified atom stereocenters. The Morgan fingerprint density at radius 3 is 2.53 bits per heavy atom. The fourth-order valence-corrected chi connectivity index (χ4v) is 4.51. The van der Waals surface area contributed by atoms with Crippen molar-refractivity contribution in [1.29, 1.82) is 0 Å². The van der Waals surface area contributed by atoms with Crippen molar-refractivity contribution in [1.82, 2.24) is 20.6 Å². The first-order chi connectivity index (χ1) is 16.3. The number of non-ortho nitro benzene ring substituents is 1. The highest BCUT2D eigenvalue weighted by molar-refractivity contribution is 5.56. The summed E-state index contributed by atoms with van der Waals surface area (Å²) in [4.78, 5) is 13.0. The van der Waals surface area contributed by atoms with Crippen LogP contribution in [-0.4, -0.2) is 62.9 Å². The Balaban J connectivity index is 1.95. The van der Waals surface area contributed by atoms with Gasteiger partial charge in [0.25, 0.3) is 5.69 Å². The molecule has 1 aromatic heterocycles. The molecular formula is C22H26N6O6. The van der Waals surface area contributed by atoms with Crippen LogP contribution in [0.4, 0.5) is 11.4 Å². The molecule has 0 spiro atoms. The summed E-state index contributed by atoms with van der Waals surface area (Å²) in [6.45, 7) is 3.55. The smallest absolute Gasteiger partial charge is 0.270 e. The molecule has 0 aliphatic carbocycles. The number of nitro benzene ring substituents is 1. The van der Waals surface area contributed by atoms with Gasteiger partial charge < -0.3 is 24.2 Å². The van der Waals surface area contributed by atoms with Crippen LogP contribution in [0.5, 0.6) is 5.75 Å². The van der Waals surface area contributed by atoms with Crippen LogP contribution in [0, 0.1) is 10.1 Å². The maximum absolute atomic E-state index is 11.8. The Bertz CT molecular complexity index is 1130. The molecule has 180 valence electrons. The lowest BCUT2D eigenvalue weighted by Crippen LogP contribution is -2.62. The zero-order valence-electron chi connectivity index (χ0n) is 19.2. The van der Waals surface area contributed by atoms with E-state index in [1.165, 1.54) is 32.4 Å². The van der Waals surface area contributed by atoms with E-state index in [0.29, 0.717) is 17.1 Å². The number of tetrazole rings is 1. The van der Waals surface area contributed by atoms with Crippen molar-refractivity contribution in [3.05, 3.63) is 70.0 Å². The summed E-state index contributed by atoms with van der Waals surface area (Å²) in [6.07, 6.45) is -2.18. The minimum Gasteiger partial charge on any atom is -0.479 e. The van der Waals surface area contributed by atoms with Crippen LogP contribution < -0.4 is 9.64 Å². The lowest BCUT2D eigenvalue weighted by atomic mass is 9.82. The SMILES string of the molecule is COC(OC)[C@@]1(C)Oc2ccc([N+](=O)[O-])cc2[C@@H](N(c2ccccc2)C(C)c2nnn[nH]2)[C@@H]1O. The number of para-hydroxylation sites is 1. The summed E-state index contributed by atoms with van der Waals surface area (Å²) in [5, 5.41) is 37.6. The minimum atomic E-state index is -1.36. The van der Waals surface area contributed by atoms with Crippen molar-refractivity contribution in [3.63, 3.8) is 0 Å². The number of benzene rings is 2. The third-order valence-electron chi connectivity index (χ3n) is 6.16. The van der Waals surface area contributed by atoms with Crippen molar-refractivity contribution in [2.24, 2.45) is 0 Å². The van der Waals surface area contributed by atoms with Crippen LogP contribution in [0.3, 0.4) is 0 Å². The van der Waals surface area contributed by atoms with Gasteiger partial charge in [-0.05, 0) is 42.5 Å². The van der Waals surface area contributed by atoms with E-state index in [0.717, 1.165) is 5.69 Å². The molecule has 2 N–H and O–H groups in total. The maximum Gasteiger partial charge on any atom is 0.270 e. The first-order valence-corrected chi connectivity index (χ1v) is 10.6. The number of aromatic amines is 1. The first kappa shape index (κ1) is 23.5. The number of ether oxygens (including phenoxy) is 3. The minimum absolute atomic E-state index is 0.125. The molecule has 0 fully saturated rings. The molecule has 4 atom stereocenters. The largest absolute Gasteiger partial charge is 0.479 e. The molecule has 2 aromatic carbocycles. The van der Waals surface area contributed by atoms with Gasteiger partial charge in [-0.3, -0.25) is 10.1 Å². The van der Waals surface area contributed by atoms with Crippen LogP contribution in [0.25, 0.3) is 0 Å². The number of aliphatic hydroxyl groups excluding tert-OH is 1. The number of H-pyrrole nitrogens is 1. The average Bonchev–Trinajstić information content (AvgIpc) is 3.38. The van der Waals surface area contributed by atoms with E-state index in [4.69, 9.17) is 14.2 Å². The Hall–Kier alpha value is -3.61. The predicted octanol–water partition coefficient (Wildman–Crippen LogP) is 2.55. The summed E-state index contributed by atoms with van der Waals surface area (Å²) in [5.74, 6) is 0.817. The molecule has 0 saturated carbocycles. The van der Waals surface area contributed by atoms with Gasteiger partial charge in [0, 0.05) is 37.6 Å². The molecule has 0 amide bonds. The van der Waals surface area contributed by atoms with Crippen molar-refractivity contribution in [2.75, 3.05) is 19.1 Å². The Kier molecular flexibility index (Phi) is 6.46. The van der Waals surface area contributed by atoms with Gasteiger partial charge in [-0.25, -0.2) is 5.10 Å². The zero-order valence-corrected chi connectivity index (χ0v) is 19.2. The molecule has 0 radical (unpaired) electrons. The number of rotatable bonds is 8. The van der Waals surface area contributed by atoms with Gasteiger partial charge in [0.1, 0.15) is 11.9 Å². The molecule has 34 heavy (non-hydrogen) atoms. The summed E-state index contributed by atoms with van der Waals surface area (Å²) in [6, 6.07) is 12.4. The van der Waals surface area contributed by atoms with Crippen molar-refractivity contribution >= 4 is 11.4 Å². The van der Waals surface area contributed by atoms with E-state index >= 15 is 0 Å². The number of aromatic nitrogens is 4. The molecule has 3 aromatic rings. The molecule has 12 heteroatoms. The molecule has 0 bridgehead atoms. The van der Waals surface area contributed by atoms with E-state index in [1.807, 2.05) is 42.2 Å². The van der Waals surface area contributed by atoms with Gasteiger partial charge in [-0.1, -0.05) is 18.2 Å². The standard InChI is InChI=1S/C22H26N6O6/c1-13(20-23-25-26-24-20)27(14-8-6-5-7-9-14)18-16-12-15(28(30)31)10-11-17(16)34-22(2,19(18)29)21(32-3)33-4/h5-13,18-19,21,29H,1-4H3,(H,23,24,25,26)/t13?,18-,19+,22+/m1/s1. The van der Waals surface area contributed by atoms with E-state index in [9.17, 15) is 15.2 Å². The Labute approximate surface area is 195 Å². The molecule has 4 rings (SSSR count). The fourth-order valence-electron chi connectivity index (χ4n) is 4.51. The van der Waals surface area contributed by atoms with Gasteiger partial charge in [-0.15, -0.1) is 5.10 Å². The van der Waals surface area contributed by atoms with Gasteiger partial charge in [0.2, 0.25) is 0 Å². The second kappa shape index (κ2) is 9.33. The van der Waals surface area contributed by atoms with E-state index in [1.54, 1.807) is 6.92 Å². The number of nitrogens with one attached hydrogen (secondary N) is 1. The number of aliphatic hydroxyl groups is 1. The van der Waals surface area contributed by atoms with Crippen molar-refractivity contribution in [3.8, 4) is 5.75 Å². The van der Waals surface area contributed by atoms with E-state index in [2.05, 4.69) is 20.6 Å². The van der Waals surface area contributed by atoms with Crippen LogP contribution in [0.2, 0.25) is 0 Å². The Morgan fingerprint density at radius 1 is 1.24 bits per heavy atom. The number of anilines is 1. The third-order valence-corrected chi connectivity index (χ3v) is 6.16. The number of nitrogens with zero attached hydrogens (tertiary/aromatic N) is 5. The number of hydrogen-bond donors (Lipinski definition) is 2. The zero-order chi connectivity index (χ0) is 24.5. The monoisotopic (exact) mass is 470 g/mol. The number of nitro groups is 1. The third kappa shape index (κ3) is 3.95. The van der Waals surface area contributed by atoms with Gasteiger partial charge in [0.15, 0.2) is 17.7 Å². The quantitative estimate of drug-likeness (QED) is 0.286. The molecular weight excluding hydrogens is 444 g/mol. The molecule has 1 aliphatic heterocycles. The van der Waals surface area contributed by atoms with Crippen LogP contribution in [0.15, 0.2) is 48.5 Å². The van der Waals surface area contributed by atoms with Crippen LogP contribution in [0.1, 0.15) is 37.3 Å². The molecule has 12 nitrogen and oxygen atoms in total.